The number of aromatic amines is 1. The van der Waals surface area contributed by atoms with Crippen LogP contribution in [0, 0.1) is 24.4 Å². The van der Waals surface area contributed by atoms with Crippen molar-refractivity contribution in [1.82, 2.24) is 44.6 Å². The van der Waals surface area contributed by atoms with Crippen LogP contribution in [0.15, 0.2) is 67.0 Å². The Morgan fingerprint density at radius 1 is 0.955 bits per heavy atom. The Bertz CT molecular complexity index is 2940. The predicted molar refractivity (Wildman–Crippen MR) is 236 cm³/mol. The summed E-state index contributed by atoms with van der Waals surface area (Å²) in [6.45, 7) is 2.32. The van der Waals surface area contributed by atoms with Crippen LogP contribution in [0.3, 0.4) is 0 Å². The van der Waals surface area contributed by atoms with Gasteiger partial charge in [-0.05, 0) is 97.8 Å². The summed E-state index contributed by atoms with van der Waals surface area (Å²) in [4.78, 5) is 58.1. The minimum absolute atomic E-state index is 0.00151. The number of carbonyl (C=O) groups is 4. The highest BCUT2D eigenvalue weighted by Gasteiger charge is 2.46. The summed E-state index contributed by atoms with van der Waals surface area (Å²) < 4.78 is 85.2. The van der Waals surface area contributed by atoms with E-state index in [2.05, 4.69) is 20.5 Å². The van der Waals surface area contributed by atoms with E-state index in [1.807, 2.05) is 25.1 Å². The molecule has 0 saturated carbocycles. The lowest BCUT2D eigenvalue weighted by Crippen LogP contribution is -2.48. The average molecular weight is 910 g/mol. The van der Waals surface area contributed by atoms with Gasteiger partial charge in [0.1, 0.15) is 23.4 Å². The Hall–Kier alpha value is -6.69. The predicted octanol–water partition coefficient (Wildman–Crippen LogP) is 7.16. The second-order valence-corrected chi connectivity index (χ2v) is 17.6. The van der Waals surface area contributed by atoms with Gasteiger partial charge in [0.05, 0.1) is 29.2 Å². The summed E-state index contributed by atoms with van der Waals surface area (Å²) in [5.74, 6) is -9.32. The van der Waals surface area contributed by atoms with Gasteiger partial charge in [0.25, 0.3) is 17.7 Å². The van der Waals surface area contributed by atoms with E-state index in [1.165, 1.54) is 31.1 Å². The highest BCUT2D eigenvalue weighted by Crippen LogP contribution is 2.44. The van der Waals surface area contributed by atoms with E-state index in [0.29, 0.717) is 49.1 Å². The number of likely N-dealkylation sites (tertiary alicyclic amines) is 1. The van der Waals surface area contributed by atoms with Crippen LogP contribution in [-0.2, 0) is 27.3 Å². The number of alkyl halides is 2. The summed E-state index contributed by atoms with van der Waals surface area (Å²) in [6, 6.07) is 11.0. The molecule has 344 valence electrons. The lowest BCUT2D eigenvalue weighted by atomic mass is 9.84. The normalized spacial score (nSPS) is 19.1. The van der Waals surface area contributed by atoms with Crippen molar-refractivity contribution in [2.75, 3.05) is 46.8 Å². The molecule has 4 amide bonds. The van der Waals surface area contributed by atoms with E-state index >= 15 is 22.0 Å². The molecule has 2 unspecified atom stereocenters. The Balaban J connectivity index is 0.963. The first-order valence-electron chi connectivity index (χ1n) is 22.0. The van der Waals surface area contributed by atoms with Crippen molar-refractivity contribution in [1.29, 1.82) is 0 Å². The fourth-order valence-corrected chi connectivity index (χ4v) is 9.75. The maximum absolute atomic E-state index is 16.6. The first-order chi connectivity index (χ1) is 31.6. The first-order valence-corrected chi connectivity index (χ1v) is 22.0. The Kier molecular flexibility index (Phi) is 11.9. The zero-order chi connectivity index (χ0) is 46.6. The molecule has 2 N–H and O–H groups in total. The number of nitrogens with zero attached hydrogens (tertiary/aromatic N) is 7. The molecular weight excluding hydrogens is 862 g/mol. The number of aryl methyl sites for hydroxylation is 2. The quantitative estimate of drug-likeness (QED) is 0.104. The molecule has 3 aliphatic rings. The van der Waals surface area contributed by atoms with Crippen LogP contribution in [0.2, 0.25) is 0 Å². The number of rotatable bonds is 11. The number of amides is 4. The van der Waals surface area contributed by atoms with Gasteiger partial charge in [-0.15, -0.1) is 0 Å². The Labute approximate surface area is 376 Å². The van der Waals surface area contributed by atoms with E-state index < -0.39 is 59.3 Å². The molecule has 3 aliphatic heterocycles. The number of imide groups is 1. The van der Waals surface area contributed by atoms with Crippen LogP contribution in [0.5, 0.6) is 0 Å². The standard InChI is InChI=1S/C48H48F5N9O4/c1-27-43-28(7-4-9-39(43)62(57-27)40-10-11-41(63)56-46(40)65)12-18-59-19-13-35(48(52,53)26-59)34-23-36(49)32(22-37(34)50)31-21-30(44(51)45-33(31)24-38(55-45)47(66)58(2)3)29-8-5-16-60(25-29)42(64)14-20-61-17-6-15-54-61/h4,6-9,15,17,21-24,35,40,55H,5,10-14,16,18-20,25-26H2,1-3H3,(H,56,63,65). The number of halogens is 5. The SMILES string of the molecule is Cc1nn(C2CCC(=O)NC2=O)c2cccc(CCN3CCC(c4cc(F)c(-c5cc(C6=CCCN(C(=O)CCn7cccn7)C6)c(F)c6[nH]c(C(=O)N(C)C)cc56)cc4F)C(F)(F)C3)c12. The van der Waals surface area contributed by atoms with Gasteiger partial charge >= 0.3 is 0 Å². The van der Waals surface area contributed by atoms with Crippen molar-refractivity contribution in [3.05, 3.63) is 113 Å². The monoisotopic (exact) mass is 909 g/mol. The van der Waals surface area contributed by atoms with Crippen LogP contribution in [0.25, 0.3) is 38.5 Å². The van der Waals surface area contributed by atoms with E-state index in [9.17, 15) is 19.2 Å². The van der Waals surface area contributed by atoms with E-state index in [1.54, 1.807) is 43.7 Å². The fourth-order valence-electron chi connectivity index (χ4n) is 9.75. The van der Waals surface area contributed by atoms with Gasteiger partial charge in [-0.2, -0.15) is 10.2 Å². The molecule has 6 aromatic rings. The molecule has 9 rings (SSSR count). The molecule has 6 heterocycles. The van der Waals surface area contributed by atoms with Gasteiger partial charge in [-0.25, -0.2) is 22.0 Å². The van der Waals surface area contributed by atoms with Gasteiger partial charge < -0.3 is 14.8 Å². The molecule has 0 aliphatic carbocycles. The molecule has 0 radical (unpaired) electrons. The number of nitrogens with one attached hydrogen (secondary N) is 2. The lowest BCUT2D eigenvalue weighted by Gasteiger charge is -2.38. The van der Waals surface area contributed by atoms with Crippen LogP contribution in [-0.4, -0.2) is 116 Å². The number of hydrogen-bond donors (Lipinski definition) is 2. The molecule has 2 fully saturated rings. The van der Waals surface area contributed by atoms with Gasteiger partial charge in [0.15, 0.2) is 5.82 Å². The third kappa shape index (κ3) is 8.37. The Morgan fingerprint density at radius 3 is 2.52 bits per heavy atom. The van der Waals surface area contributed by atoms with Crippen molar-refractivity contribution < 1.29 is 41.1 Å². The number of H-pyrrole nitrogens is 1. The van der Waals surface area contributed by atoms with Crippen molar-refractivity contribution in [3.8, 4) is 11.1 Å². The molecular formula is C48H48F5N9O4. The first kappa shape index (κ1) is 44.5. The number of fused-ring (bicyclic) bond motifs is 2. The number of carbonyl (C=O) groups excluding carboxylic acids is 4. The molecule has 66 heavy (non-hydrogen) atoms. The largest absolute Gasteiger partial charge is 0.348 e. The van der Waals surface area contributed by atoms with Crippen molar-refractivity contribution in [2.45, 2.75) is 69.9 Å². The smallest absolute Gasteiger partial charge is 0.269 e. The zero-order valence-corrected chi connectivity index (χ0v) is 36.6. The third-order valence-corrected chi connectivity index (χ3v) is 13.1. The third-order valence-electron chi connectivity index (χ3n) is 13.1. The van der Waals surface area contributed by atoms with Gasteiger partial charge in [-0.3, -0.25) is 38.8 Å². The van der Waals surface area contributed by atoms with Crippen LogP contribution < -0.4 is 5.32 Å². The molecule has 0 spiro atoms. The number of piperidine rings is 2. The van der Waals surface area contributed by atoms with Gasteiger partial charge in [-0.1, -0.05) is 18.2 Å². The fraction of sp³-hybridized carbons (Fsp3) is 0.375. The van der Waals surface area contributed by atoms with Crippen molar-refractivity contribution in [2.24, 2.45) is 0 Å². The van der Waals surface area contributed by atoms with Crippen LogP contribution >= 0.6 is 0 Å². The second-order valence-electron chi connectivity index (χ2n) is 17.6. The molecule has 18 heteroatoms. The molecule has 3 aromatic carbocycles. The maximum atomic E-state index is 16.6. The maximum Gasteiger partial charge on any atom is 0.269 e. The van der Waals surface area contributed by atoms with Crippen LogP contribution in [0.4, 0.5) is 22.0 Å². The minimum Gasteiger partial charge on any atom is -0.348 e. The minimum atomic E-state index is -3.45. The van der Waals surface area contributed by atoms with Crippen LogP contribution in [0.1, 0.15) is 76.9 Å². The van der Waals surface area contributed by atoms with E-state index in [-0.39, 0.29) is 84.0 Å². The highest BCUT2D eigenvalue weighted by atomic mass is 19.3. The van der Waals surface area contributed by atoms with E-state index in [4.69, 9.17) is 0 Å². The second kappa shape index (κ2) is 17.6. The molecule has 13 nitrogen and oxygen atoms in total. The zero-order valence-electron chi connectivity index (χ0n) is 36.6. The summed E-state index contributed by atoms with van der Waals surface area (Å²) in [5.41, 5.74) is 1.79. The number of hydrogen-bond acceptors (Lipinski definition) is 7. The topological polar surface area (TPSA) is 141 Å². The summed E-state index contributed by atoms with van der Waals surface area (Å²) in [7, 11) is 3.03. The molecule has 0 bridgehead atoms. The number of aromatic nitrogens is 5. The molecule has 3 aromatic heterocycles. The van der Waals surface area contributed by atoms with Gasteiger partial charge in [0.2, 0.25) is 11.8 Å². The van der Waals surface area contributed by atoms with Crippen molar-refractivity contribution >= 4 is 51.0 Å². The van der Waals surface area contributed by atoms with Crippen molar-refractivity contribution in [3.63, 3.8) is 0 Å². The summed E-state index contributed by atoms with van der Waals surface area (Å²) in [6.07, 6.45) is 6.42. The van der Waals surface area contributed by atoms with Gasteiger partial charge in [0, 0.05) is 87.4 Å². The molecule has 2 saturated heterocycles. The summed E-state index contributed by atoms with van der Waals surface area (Å²) >= 11 is 0. The summed E-state index contributed by atoms with van der Waals surface area (Å²) in [5, 5.41) is 12.0. The average Bonchev–Trinajstić information content (AvgIpc) is 4.06. The highest BCUT2D eigenvalue weighted by molar-refractivity contribution is 6.05. The molecule has 2 atom stereocenters. The lowest BCUT2D eigenvalue weighted by molar-refractivity contribution is -0.136. The van der Waals surface area contributed by atoms with E-state index in [0.717, 1.165) is 23.1 Å². The Morgan fingerprint density at radius 2 is 1.77 bits per heavy atom. The number of benzene rings is 3.